The lowest BCUT2D eigenvalue weighted by atomic mass is 10.00. The van der Waals surface area contributed by atoms with E-state index in [1.807, 2.05) is 73.8 Å². The van der Waals surface area contributed by atoms with Crippen LogP contribution >= 0.6 is 0 Å². The van der Waals surface area contributed by atoms with Gasteiger partial charge in [-0.25, -0.2) is 0 Å². The SMILES string of the molecule is c1cncc(-c2cncc(-c3cncc(-c4cncc(-c5cccnc5)c4)c3)c2)c1. The molecule has 5 aromatic rings. The van der Waals surface area contributed by atoms with Gasteiger partial charge < -0.3 is 0 Å². The van der Waals surface area contributed by atoms with Crippen LogP contribution in [0.1, 0.15) is 0 Å². The number of pyridine rings is 5. The van der Waals surface area contributed by atoms with Crippen LogP contribution in [-0.4, -0.2) is 24.9 Å². The number of hydrogen-bond donors (Lipinski definition) is 0. The molecule has 5 heteroatoms. The molecule has 0 aliphatic carbocycles. The van der Waals surface area contributed by atoms with Gasteiger partial charge in [0.1, 0.15) is 0 Å². The van der Waals surface area contributed by atoms with Crippen LogP contribution in [0.4, 0.5) is 0 Å². The second-order valence-electron chi connectivity index (χ2n) is 6.87. The highest BCUT2D eigenvalue weighted by Gasteiger charge is 2.07. The maximum Gasteiger partial charge on any atom is 0.0347 e. The highest BCUT2D eigenvalue weighted by Crippen LogP contribution is 2.29. The van der Waals surface area contributed by atoms with E-state index in [9.17, 15) is 0 Å². The third-order valence-corrected chi connectivity index (χ3v) is 4.87. The van der Waals surface area contributed by atoms with E-state index in [0.717, 1.165) is 44.5 Å². The van der Waals surface area contributed by atoms with Gasteiger partial charge in [-0.1, -0.05) is 12.1 Å². The van der Waals surface area contributed by atoms with Crippen LogP contribution in [0.3, 0.4) is 0 Å². The Morgan fingerprint density at radius 2 is 0.633 bits per heavy atom. The second kappa shape index (κ2) is 8.01. The molecule has 5 rings (SSSR count). The van der Waals surface area contributed by atoms with Gasteiger partial charge in [-0.05, 0) is 30.3 Å². The van der Waals surface area contributed by atoms with Crippen molar-refractivity contribution in [2.75, 3.05) is 0 Å². The van der Waals surface area contributed by atoms with Crippen LogP contribution < -0.4 is 0 Å². The Hall–Kier alpha value is -4.25. The van der Waals surface area contributed by atoms with E-state index in [1.165, 1.54) is 0 Å². The Bertz CT molecular complexity index is 1190. The minimum absolute atomic E-state index is 0.998. The van der Waals surface area contributed by atoms with E-state index in [1.54, 1.807) is 12.4 Å². The van der Waals surface area contributed by atoms with E-state index in [4.69, 9.17) is 0 Å². The van der Waals surface area contributed by atoms with Crippen LogP contribution in [0.15, 0.2) is 104 Å². The van der Waals surface area contributed by atoms with Crippen molar-refractivity contribution < 1.29 is 0 Å². The summed E-state index contributed by atoms with van der Waals surface area (Å²) in [6, 6.07) is 14.2. The van der Waals surface area contributed by atoms with Gasteiger partial charge in [0, 0.05) is 106 Å². The van der Waals surface area contributed by atoms with Gasteiger partial charge in [0.25, 0.3) is 0 Å². The molecule has 0 unspecified atom stereocenters. The molecule has 30 heavy (non-hydrogen) atoms. The third-order valence-electron chi connectivity index (χ3n) is 4.87. The van der Waals surface area contributed by atoms with Crippen LogP contribution in [0.2, 0.25) is 0 Å². The predicted molar refractivity (Wildman–Crippen MR) is 117 cm³/mol. The molecule has 0 amide bonds. The van der Waals surface area contributed by atoms with Crippen LogP contribution in [0, 0.1) is 0 Å². The van der Waals surface area contributed by atoms with Gasteiger partial charge in [-0.2, -0.15) is 0 Å². The fraction of sp³-hybridized carbons (Fsp3) is 0. The van der Waals surface area contributed by atoms with Crippen molar-refractivity contribution in [3.63, 3.8) is 0 Å². The first kappa shape index (κ1) is 17.8. The van der Waals surface area contributed by atoms with Crippen molar-refractivity contribution in [1.29, 1.82) is 0 Å². The Labute approximate surface area is 174 Å². The monoisotopic (exact) mass is 387 g/mol. The molecule has 0 saturated heterocycles. The number of hydrogen-bond acceptors (Lipinski definition) is 5. The van der Waals surface area contributed by atoms with Gasteiger partial charge in [-0.15, -0.1) is 0 Å². The lowest BCUT2D eigenvalue weighted by Crippen LogP contribution is -1.89. The van der Waals surface area contributed by atoms with Gasteiger partial charge in [0.05, 0.1) is 0 Å². The van der Waals surface area contributed by atoms with Crippen molar-refractivity contribution in [2.24, 2.45) is 0 Å². The molecule has 0 aliphatic rings. The molecule has 0 fully saturated rings. The van der Waals surface area contributed by atoms with Crippen LogP contribution in [0.25, 0.3) is 44.5 Å². The van der Waals surface area contributed by atoms with E-state index < -0.39 is 0 Å². The van der Waals surface area contributed by atoms with Crippen molar-refractivity contribution in [3.8, 4) is 44.5 Å². The molecule has 5 nitrogen and oxygen atoms in total. The van der Waals surface area contributed by atoms with Crippen molar-refractivity contribution in [2.45, 2.75) is 0 Å². The zero-order valence-electron chi connectivity index (χ0n) is 16.1. The fourth-order valence-corrected chi connectivity index (χ4v) is 3.33. The number of aromatic nitrogens is 5. The summed E-state index contributed by atoms with van der Waals surface area (Å²) in [4.78, 5) is 21.7. The summed E-state index contributed by atoms with van der Waals surface area (Å²) < 4.78 is 0. The van der Waals surface area contributed by atoms with Crippen molar-refractivity contribution >= 4 is 0 Å². The molecule has 142 valence electrons. The van der Waals surface area contributed by atoms with E-state index in [-0.39, 0.29) is 0 Å². The molecule has 5 aromatic heterocycles. The molecule has 0 atom stereocenters. The molecule has 0 N–H and O–H groups in total. The first-order chi connectivity index (χ1) is 14.9. The minimum atomic E-state index is 0.998. The van der Waals surface area contributed by atoms with Gasteiger partial charge in [-0.3, -0.25) is 24.9 Å². The maximum atomic E-state index is 4.46. The summed E-state index contributed by atoms with van der Waals surface area (Å²) in [5.41, 5.74) is 8.10. The topological polar surface area (TPSA) is 64.5 Å². The molecule has 5 heterocycles. The zero-order chi connectivity index (χ0) is 20.2. The average molecular weight is 387 g/mol. The highest BCUT2D eigenvalue weighted by atomic mass is 14.7. The smallest absolute Gasteiger partial charge is 0.0347 e. The Kier molecular flexibility index (Phi) is 4.76. The maximum absolute atomic E-state index is 4.46. The first-order valence-electron chi connectivity index (χ1n) is 9.53. The van der Waals surface area contributed by atoms with E-state index in [2.05, 4.69) is 43.1 Å². The Balaban J connectivity index is 1.52. The lowest BCUT2D eigenvalue weighted by Gasteiger charge is -2.08. The zero-order valence-corrected chi connectivity index (χ0v) is 16.1. The molecular weight excluding hydrogens is 370 g/mol. The standard InChI is InChI=1S/C25H17N5/c1-3-18(10-26-5-1)20-7-22(14-28-12-20)24-9-25(17-30-16-24)23-8-21(13-29-15-23)19-4-2-6-27-11-19/h1-17H. The van der Waals surface area contributed by atoms with Gasteiger partial charge >= 0.3 is 0 Å². The predicted octanol–water partition coefficient (Wildman–Crippen LogP) is 5.33. The largest absolute Gasteiger partial charge is 0.264 e. The molecule has 0 radical (unpaired) electrons. The fourth-order valence-electron chi connectivity index (χ4n) is 3.33. The van der Waals surface area contributed by atoms with E-state index in [0.29, 0.717) is 0 Å². The molecule has 0 aliphatic heterocycles. The normalized spacial score (nSPS) is 10.7. The molecule has 0 aromatic carbocycles. The number of nitrogens with zero attached hydrogens (tertiary/aromatic N) is 5. The first-order valence-corrected chi connectivity index (χ1v) is 9.53. The van der Waals surface area contributed by atoms with Crippen molar-refractivity contribution in [1.82, 2.24) is 24.9 Å². The molecule has 0 bridgehead atoms. The second-order valence-corrected chi connectivity index (χ2v) is 6.87. The molecular formula is C25H17N5. The summed E-state index contributed by atoms with van der Waals surface area (Å²) >= 11 is 0. The molecule has 0 spiro atoms. The summed E-state index contributed by atoms with van der Waals surface area (Å²) in [7, 11) is 0. The third kappa shape index (κ3) is 3.69. The summed E-state index contributed by atoms with van der Waals surface area (Å²) in [6.07, 6.45) is 18.3. The number of rotatable bonds is 4. The highest BCUT2D eigenvalue weighted by molar-refractivity contribution is 5.76. The van der Waals surface area contributed by atoms with Crippen LogP contribution in [-0.2, 0) is 0 Å². The average Bonchev–Trinajstić information content (AvgIpc) is 2.85. The Morgan fingerprint density at radius 3 is 0.933 bits per heavy atom. The van der Waals surface area contributed by atoms with Crippen molar-refractivity contribution in [3.05, 3.63) is 104 Å². The Morgan fingerprint density at radius 1 is 0.333 bits per heavy atom. The minimum Gasteiger partial charge on any atom is -0.264 e. The lowest BCUT2D eigenvalue weighted by molar-refractivity contribution is 1.27. The van der Waals surface area contributed by atoms with Gasteiger partial charge in [0.15, 0.2) is 0 Å². The van der Waals surface area contributed by atoms with Gasteiger partial charge in [0.2, 0.25) is 0 Å². The van der Waals surface area contributed by atoms with E-state index >= 15 is 0 Å². The summed E-state index contributed by atoms with van der Waals surface area (Å²) in [5.74, 6) is 0. The quantitative estimate of drug-likeness (QED) is 0.417. The molecule has 0 saturated carbocycles. The summed E-state index contributed by atoms with van der Waals surface area (Å²) in [5, 5.41) is 0. The summed E-state index contributed by atoms with van der Waals surface area (Å²) in [6.45, 7) is 0. The van der Waals surface area contributed by atoms with Crippen LogP contribution in [0.5, 0.6) is 0 Å².